The molecule has 2 aliphatic rings. The van der Waals surface area contributed by atoms with Crippen LogP contribution in [0.5, 0.6) is 5.75 Å². The average molecular weight is 429 g/mol. The van der Waals surface area contributed by atoms with Crippen molar-refractivity contribution in [2.45, 2.75) is 6.04 Å². The molecule has 160 valence electrons. The zero-order valence-electron chi connectivity index (χ0n) is 18.4. The Morgan fingerprint density at radius 3 is 2.33 bits per heavy atom. The lowest BCUT2D eigenvalue weighted by atomic mass is 9.86. The second-order valence-corrected chi connectivity index (χ2v) is 8.27. The van der Waals surface area contributed by atoms with Gasteiger partial charge in [-0.05, 0) is 46.5 Å². The number of nitrogens with zero attached hydrogens (tertiary/aromatic N) is 1. The molecule has 2 heterocycles. The lowest BCUT2D eigenvalue weighted by Crippen LogP contribution is -2.31. The van der Waals surface area contributed by atoms with E-state index < -0.39 is 0 Å². The summed E-state index contributed by atoms with van der Waals surface area (Å²) >= 11 is 0. The molecule has 2 aliphatic heterocycles. The first-order valence-corrected chi connectivity index (χ1v) is 11.2. The fourth-order valence-electron chi connectivity index (χ4n) is 4.82. The van der Waals surface area contributed by atoms with E-state index in [-0.39, 0.29) is 6.04 Å². The normalized spacial score (nSPS) is 16.3. The summed E-state index contributed by atoms with van der Waals surface area (Å²) in [5.41, 5.74) is 8.48. The van der Waals surface area contributed by atoms with Crippen LogP contribution in [0.2, 0.25) is 0 Å². The van der Waals surface area contributed by atoms with Crippen LogP contribution in [0.15, 0.2) is 115 Å². The van der Waals surface area contributed by atoms with Crippen molar-refractivity contribution in [3.8, 4) is 5.75 Å². The van der Waals surface area contributed by atoms with E-state index in [0.29, 0.717) is 0 Å². The lowest BCUT2D eigenvalue weighted by molar-refractivity contribution is 0.415. The Morgan fingerprint density at radius 1 is 0.788 bits per heavy atom. The molecule has 0 saturated heterocycles. The van der Waals surface area contributed by atoms with E-state index in [9.17, 15) is 0 Å². The number of hydrogen-bond donors (Lipinski definition) is 1. The van der Waals surface area contributed by atoms with Crippen LogP contribution in [0.25, 0.3) is 11.6 Å². The SMILES string of the molecule is COc1ccc(/C=C/C2c3ccccc3C(c3ccccc3)=C3Nc4ccccc4N32)cc1. The monoisotopic (exact) mass is 428 g/mol. The van der Waals surface area contributed by atoms with Crippen molar-refractivity contribution >= 4 is 23.0 Å². The molecule has 1 atom stereocenters. The number of nitrogens with one attached hydrogen (secondary N) is 1. The Balaban J connectivity index is 1.53. The lowest BCUT2D eigenvalue weighted by Gasteiger charge is -2.36. The third-order valence-electron chi connectivity index (χ3n) is 6.37. The summed E-state index contributed by atoms with van der Waals surface area (Å²) in [5, 5.41) is 3.72. The third kappa shape index (κ3) is 3.30. The quantitative estimate of drug-likeness (QED) is 0.375. The number of anilines is 2. The van der Waals surface area contributed by atoms with Crippen LogP contribution < -0.4 is 15.0 Å². The molecule has 1 unspecified atom stereocenters. The molecule has 4 aromatic carbocycles. The predicted molar refractivity (Wildman–Crippen MR) is 136 cm³/mol. The Hall–Kier alpha value is -4.24. The van der Waals surface area contributed by atoms with Gasteiger partial charge in [-0.3, -0.25) is 0 Å². The highest BCUT2D eigenvalue weighted by Gasteiger charge is 2.37. The maximum Gasteiger partial charge on any atom is 0.120 e. The summed E-state index contributed by atoms with van der Waals surface area (Å²) in [5.74, 6) is 2.00. The fraction of sp³-hybridized carbons (Fsp3) is 0.0667. The largest absolute Gasteiger partial charge is 0.497 e. The number of benzene rings is 4. The van der Waals surface area contributed by atoms with Crippen LogP contribution >= 0.6 is 0 Å². The summed E-state index contributed by atoms with van der Waals surface area (Å²) in [7, 11) is 1.69. The number of para-hydroxylation sites is 2. The van der Waals surface area contributed by atoms with Crippen LogP contribution in [0.4, 0.5) is 11.4 Å². The Kier molecular flexibility index (Phi) is 4.73. The highest BCUT2D eigenvalue weighted by molar-refractivity contribution is 5.96. The van der Waals surface area contributed by atoms with Gasteiger partial charge in [-0.15, -0.1) is 0 Å². The molecule has 0 aromatic heterocycles. The van der Waals surface area contributed by atoms with Gasteiger partial charge in [0.25, 0.3) is 0 Å². The Morgan fingerprint density at radius 2 is 1.52 bits per heavy atom. The van der Waals surface area contributed by atoms with E-state index in [1.54, 1.807) is 7.11 Å². The highest BCUT2D eigenvalue weighted by Crippen LogP contribution is 2.50. The molecular weight excluding hydrogens is 404 g/mol. The van der Waals surface area contributed by atoms with Gasteiger partial charge in [-0.2, -0.15) is 0 Å². The zero-order valence-corrected chi connectivity index (χ0v) is 18.4. The van der Waals surface area contributed by atoms with Crippen LogP contribution in [0.3, 0.4) is 0 Å². The van der Waals surface area contributed by atoms with Gasteiger partial charge in [0.15, 0.2) is 0 Å². The minimum atomic E-state index is 0.0712. The minimum Gasteiger partial charge on any atom is -0.497 e. The first-order valence-electron chi connectivity index (χ1n) is 11.2. The molecule has 0 spiro atoms. The fourth-order valence-corrected chi connectivity index (χ4v) is 4.82. The average Bonchev–Trinajstić information content (AvgIpc) is 3.26. The van der Waals surface area contributed by atoms with E-state index in [1.807, 2.05) is 12.1 Å². The Labute approximate surface area is 194 Å². The van der Waals surface area contributed by atoms with Crippen molar-refractivity contribution in [1.29, 1.82) is 0 Å². The zero-order chi connectivity index (χ0) is 22.2. The summed E-state index contributed by atoms with van der Waals surface area (Å²) in [6.45, 7) is 0. The molecule has 0 saturated carbocycles. The van der Waals surface area contributed by atoms with Crippen molar-refractivity contribution in [3.05, 3.63) is 137 Å². The van der Waals surface area contributed by atoms with Gasteiger partial charge >= 0.3 is 0 Å². The van der Waals surface area contributed by atoms with Crippen molar-refractivity contribution < 1.29 is 4.74 Å². The van der Waals surface area contributed by atoms with Crippen molar-refractivity contribution in [2.75, 3.05) is 17.3 Å². The summed E-state index contributed by atoms with van der Waals surface area (Å²) in [6, 6.07) is 36.2. The molecule has 6 rings (SSSR count). The smallest absolute Gasteiger partial charge is 0.120 e. The van der Waals surface area contributed by atoms with E-state index in [1.165, 1.54) is 28.0 Å². The van der Waals surface area contributed by atoms with Gasteiger partial charge < -0.3 is 15.0 Å². The summed E-state index contributed by atoms with van der Waals surface area (Å²) < 4.78 is 5.31. The molecule has 1 N–H and O–H groups in total. The maximum atomic E-state index is 5.31. The van der Waals surface area contributed by atoms with Crippen molar-refractivity contribution in [1.82, 2.24) is 0 Å². The number of fused-ring (bicyclic) bond motifs is 4. The van der Waals surface area contributed by atoms with Crippen LogP contribution in [0.1, 0.15) is 28.3 Å². The topological polar surface area (TPSA) is 24.5 Å². The van der Waals surface area contributed by atoms with Crippen molar-refractivity contribution in [3.63, 3.8) is 0 Å². The first kappa shape index (κ1) is 19.4. The summed E-state index contributed by atoms with van der Waals surface area (Å²) in [6.07, 6.45) is 4.50. The number of rotatable bonds is 4. The molecule has 4 aromatic rings. The molecule has 33 heavy (non-hydrogen) atoms. The molecular formula is C30H24N2O. The molecule has 0 aliphatic carbocycles. The summed E-state index contributed by atoms with van der Waals surface area (Å²) in [4.78, 5) is 2.43. The van der Waals surface area contributed by atoms with Crippen molar-refractivity contribution in [2.24, 2.45) is 0 Å². The first-order chi connectivity index (χ1) is 16.3. The van der Waals surface area contributed by atoms with Crippen LogP contribution in [-0.2, 0) is 0 Å². The molecule has 0 bridgehead atoms. The standard InChI is InChI=1S/C30H24N2O/c1-33-23-18-15-21(16-19-23)17-20-27-24-11-5-6-12-25(24)29(22-9-3-2-4-10-22)30-31-26-13-7-8-14-28(26)32(27)30/h2-20,27,31H,1H3/b20-17+. The second kappa shape index (κ2) is 8.03. The molecule has 0 fully saturated rings. The minimum absolute atomic E-state index is 0.0712. The van der Waals surface area contributed by atoms with Crippen LogP contribution in [0, 0.1) is 0 Å². The third-order valence-corrected chi connectivity index (χ3v) is 6.37. The van der Waals surface area contributed by atoms with Gasteiger partial charge in [0.05, 0.1) is 24.5 Å². The number of methoxy groups -OCH3 is 1. The maximum absolute atomic E-state index is 5.31. The predicted octanol–water partition coefficient (Wildman–Crippen LogP) is 7.11. The van der Waals surface area contributed by atoms with Gasteiger partial charge in [0.1, 0.15) is 11.6 Å². The second-order valence-electron chi connectivity index (χ2n) is 8.27. The van der Waals surface area contributed by atoms with Gasteiger partial charge in [0, 0.05) is 5.57 Å². The van der Waals surface area contributed by atoms with E-state index in [4.69, 9.17) is 4.74 Å². The van der Waals surface area contributed by atoms with Gasteiger partial charge in [0.2, 0.25) is 0 Å². The van der Waals surface area contributed by atoms with E-state index in [2.05, 4.69) is 113 Å². The molecule has 3 heteroatoms. The molecule has 0 radical (unpaired) electrons. The van der Waals surface area contributed by atoms with Gasteiger partial charge in [-0.1, -0.05) is 91.0 Å². The van der Waals surface area contributed by atoms with E-state index >= 15 is 0 Å². The van der Waals surface area contributed by atoms with Gasteiger partial charge in [-0.25, -0.2) is 0 Å². The molecule has 0 amide bonds. The van der Waals surface area contributed by atoms with E-state index in [0.717, 1.165) is 22.8 Å². The highest BCUT2D eigenvalue weighted by atomic mass is 16.5. The number of hydrogen-bond acceptors (Lipinski definition) is 3. The number of ether oxygens (including phenoxy) is 1. The Bertz CT molecular complexity index is 1370. The molecule has 3 nitrogen and oxygen atoms in total. The van der Waals surface area contributed by atoms with Crippen LogP contribution in [-0.4, -0.2) is 7.11 Å².